The van der Waals surface area contributed by atoms with Gasteiger partial charge in [-0.3, -0.25) is 4.79 Å². The van der Waals surface area contributed by atoms with E-state index in [1.807, 2.05) is 39.0 Å². The zero-order chi connectivity index (χ0) is 16.3. The highest BCUT2D eigenvalue weighted by atomic mass is 35.5. The summed E-state index contributed by atoms with van der Waals surface area (Å²) in [5, 5.41) is 7.76. The summed E-state index contributed by atoms with van der Waals surface area (Å²) >= 11 is 6.19. The van der Waals surface area contributed by atoms with Crippen LogP contribution in [-0.2, 0) is 4.79 Å². The first-order valence-corrected chi connectivity index (χ1v) is 7.69. The van der Waals surface area contributed by atoms with Crippen LogP contribution in [0.5, 0.6) is 0 Å². The van der Waals surface area contributed by atoms with E-state index in [2.05, 4.69) is 10.4 Å². The smallest absolute Gasteiger partial charge is 0.242 e. The zero-order valence-corrected chi connectivity index (χ0v) is 15.0. The summed E-state index contributed by atoms with van der Waals surface area (Å²) in [5.41, 5.74) is 7.58. The first kappa shape index (κ1) is 19.5. The Morgan fingerprint density at radius 1 is 1.43 bits per heavy atom. The molecule has 0 fully saturated rings. The number of aromatic nitrogens is 2. The second kappa shape index (κ2) is 8.34. The van der Waals surface area contributed by atoms with Crippen molar-refractivity contribution in [2.75, 3.05) is 5.32 Å². The van der Waals surface area contributed by atoms with E-state index in [1.165, 1.54) is 0 Å². The van der Waals surface area contributed by atoms with Crippen molar-refractivity contribution in [3.63, 3.8) is 0 Å². The van der Waals surface area contributed by atoms with Crippen LogP contribution in [0.25, 0.3) is 5.69 Å². The van der Waals surface area contributed by atoms with Crippen LogP contribution < -0.4 is 11.1 Å². The second-order valence-electron chi connectivity index (χ2n) is 5.43. The van der Waals surface area contributed by atoms with Crippen molar-refractivity contribution in [2.45, 2.75) is 33.2 Å². The first-order valence-electron chi connectivity index (χ1n) is 7.32. The summed E-state index contributed by atoms with van der Waals surface area (Å²) in [6.45, 7) is 5.87. The Bertz CT molecular complexity index is 672. The maximum Gasteiger partial charge on any atom is 0.242 e. The highest BCUT2D eigenvalue weighted by Crippen LogP contribution is 2.22. The van der Waals surface area contributed by atoms with Crippen molar-refractivity contribution < 1.29 is 4.79 Å². The Hall–Kier alpha value is -1.56. The molecule has 0 radical (unpaired) electrons. The van der Waals surface area contributed by atoms with Crippen molar-refractivity contribution in [3.8, 4) is 5.69 Å². The van der Waals surface area contributed by atoms with Gasteiger partial charge >= 0.3 is 0 Å². The van der Waals surface area contributed by atoms with Crippen LogP contribution in [-0.4, -0.2) is 21.7 Å². The van der Waals surface area contributed by atoms with Gasteiger partial charge in [-0.25, -0.2) is 4.68 Å². The number of amides is 1. The van der Waals surface area contributed by atoms with Crippen molar-refractivity contribution in [3.05, 3.63) is 41.0 Å². The van der Waals surface area contributed by atoms with Gasteiger partial charge in [0.15, 0.2) is 5.82 Å². The molecule has 5 nitrogen and oxygen atoms in total. The van der Waals surface area contributed by atoms with E-state index in [4.69, 9.17) is 17.3 Å². The van der Waals surface area contributed by atoms with Crippen LogP contribution in [0.4, 0.5) is 5.82 Å². The highest BCUT2D eigenvalue weighted by Gasteiger charge is 2.20. The van der Waals surface area contributed by atoms with Gasteiger partial charge in [0.25, 0.3) is 0 Å². The minimum Gasteiger partial charge on any atom is -0.320 e. The minimum absolute atomic E-state index is 0. The number of nitrogens with zero attached hydrogens (tertiary/aromatic N) is 2. The predicted octanol–water partition coefficient (Wildman–Crippen LogP) is 3.57. The fourth-order valence-electron chi connectivity index (χ4n) is 2.12. The number of para-hydroxylation sites is 1. The number of hydrogen-bond acceptors (Lipinski definition) is 3. The predicted molar refractivity (Wildman–Crippen MR) is 96.6 cm³/mol. The van der Waals surface area contributed by atoms with E-state index in [-0.39, 0.29) is 24.2 Å². The minimum atomic E-state index is -0.546. The third-order valence-corrected chi connectivity index (χ3v) is 4.10. The molecule has 1 aromatic heterocycles. The number of carbonyl (C=O) groups is 1. The number of hydrogen-bond donors (Lipinski definition) is 2. The summed E-state index contributed by atoms with van der Waals surface area (Å²) < 4.78 is 1.70. The van der Waals surface area contributed by atoms with Gasteiger partial charge in [-0.1, -0.05) is 44.0 Å². The van der Waals surface area contributed by atoms with Crippen LogP contribution in [0.3, 0.4) is 0 Å². The molecule has 7 heteroatoms. The lowest BCUT2D eigenvalue weighted by molar-refractivity contribution is -0.118. The van der Waals surface area contributed by atoms with Crippen LogP contribution in [0.2, 0.25) is 5.02 Å². The zero-order valence-electron chi connectivity index (χ0n) is 13.4. The monoisotopic (exact) mass is 356 g/mol. The Morgan fingerprint density at radius 2 is 2.09 bits per heavy atom. The fraction of sp³-hybridized carbons (Fsp3) is 0.375. The van der Waals surface area contributed by atoms with Crippen molar-refractivity contribution in [1.29, 1.82) is 0 Å². The Kier molecular flexibility index (Phi) is 7.06. The van der Waals surface area contributed by atoms with E-state index in [0.717, 1.165) is 17.8 Å². The second-order valence-corrected chi connectivity index (χ2v) is 5.84. The van der Waals surface area contributed by atoms with Crippen LogP contribution in [0.1, 0.15) is 26.0 Å². The van der Waals surface area contributed by atoms with Crippen LogP contribution in [0.15, 0.2) is 30.3 Å². The van der Waals surface area contributed by atoms with Gasteiger partial charge in [0, 0.05) is 11.8 Å². The van der Waals surface area contributed by atoms with Crippen LogP contribution in [0, 0.1) is 12.8 Å². The number of aryl methyl sites for hydroxylation is 1. The van der Waals surface area contributed by atoms with E-state index < -0.39 is 6.04 Å². The molecule has 1 aromatic carbocycles. The molecule has 0 spiro atoms. The molecule has 0 aliphatic rings. The molecule has 1 amide bonds. The number of benzene rings is 1. The van der Waals surface area contributed by atoms with Gasteiger partial charge in [0.2, 0.25) is 5.91 Å². The third-order valence-electron chi connectivity index (χ3n) is 3.78. The molecule has 2 atom stereocenters. The summed E-state index contributed by atoms with van der Waals surface area (Å²) in [6, 6.07) is 8.67. The molecule has 0 aliphatic carbocycles. The number of nitrogens with one attached hydrogen (secondary N) is 1. The average Bonchev–Trinajstić information content (AvgIpc) is 2.86. The molecule has 0 aliphatic heterocycles. The number of rotatable bonds is 5. The number of halogens is 2. The molecule has 126 valence electrons. The molecule has 1 heterocycles. The lowest BCUT2D eigenvalue weighted by Gasteiger charge is -2.16. The number of nitrogens with two attached hydrogens (primary N) is 1. The van der Waals surface area contributed by atoms with Gasteiger partial charge in [-0.2, -0.15) is 0 Å². The first-order chi connectivity index (χ1) is 10.4. The maximum absolute atomic E-state index is 12.1. The molecule has 0 bridgehead atoms. The quantitative estimate of drug-likeness (QED) is 0.859. The van der Waals surface area contributed by atoms with Gasteiger partial charge < -0.3 is 11.1 Å². The van der Waals surface area contributed by atoms with Gasteiger partial charge in [-0.05, 0) is 25.0 Å². The summed E-state index contributed by atoms with van der Waals surface area (Å²) in [4.78, 5) is 12.1. The van der Waals surface area contributed by atoms with Gasteiger partial charge in [-0.15, -0.1) is 17.5 Å². The van der Waals surface area contributed by atoms with Crippen molar-refractivity contribution >= 4 is 35.7 Å². The summed E-state index contributed by atoms with van der Waals surface area (Å²) in [5.74, 6) is 0.367. The molecule has 2 aromatic rings. The molecule has 2 rings (SSSR count). The highest BCUT2D eigenvalue weighted by molar-refractivity contribution is 6.32. The van der Waals surface area contributed by atoms with Crippen LogP contribution >= 0.6 is 24.0 Å². The third kappa shape index (κ3) is 4.47. The molecule has 0 saturated carbocycles. The largest absolute Gasteiger partial charge is 0.320 e. The van der Waals surface area contributed by atoms with Crippen molar-refractivity contribution in [2.24, 2.45) is 11.7 Å². The number of carbonyl (C=O) groups excluding carboxylic acids is 1. The molecular formula is C16H22Cl2N4O. The van der Waals surface area contributed by atoms with Gasteiger partial charge in [0.05, 0.1) is 16.8 Å². The van der Waals surface area contributed by atoms with E-state index in [9.17, 15) is 4.79 Å². The summed E-state index contributed by atoms with van der Waals surface area (Å²) in [7, 11) is 0. The molecule has 3 N–H and O–H groups in total. The Morgan fingerprint density at radius 3 is 2.70 bits per heavy atom. The van der Waals surface area contributed by atoms with E-state index in [0.29, 0.717) is 10.8 Å². The van der Waals surface area contributed by atoms with E-state index >= 15 is 0 Å². The molecule has 23 heavy (non-hydrogen) atoms. The normalized spacial score (nSPS) is 13.1. The SMILES string of the molecule is CCC(C)C(N)C(=O)Nc1cc(C)n(-c2ccccc2Cl)n1.Cl. The fourth-order valence-corrected chi connectivity index (χ4v) is 2.34. The lowest BCUT2D eigenvalue weighted by Crippen LogP contribution is -2.40. The molecule has 2 unspecified atom stereocenters. The topological polar surface area (TPSA) is 72.9 Å². The Labute approximate surface area is 147 Å². The number of anilines is 1. The Balaban J connectivity index is 0.00000264. The van der Waals surface area contributed by atoms with Gasteiger partial charge in [0.1, 0.15) is 0 Å². The molecular weight excluding hydrogens is 335 g/mol. The summed E-state index contributed by atoms with van der Waals surface area (Å²) in [6.07, 6.45) is 0.849. The maximum atomic E-state index is 12.1. The standard InChI is InChI=1S/C16H21ClN4O.ClH/c1-4-10(2)15(18)16(22)19-14-9-11(3)21(20-14)13-8-6-5-7-12(13)17;/h5-10,15H,4,18H2,1-3H3,(H,19,20,22);1H. The molecule has 0 saturated heterocycles. The van der Waals surface area contributed by atoms with E-state index in [1.54, 1.807) is 16.8 Å². The lowest BCUT2D eigenvalue weighted by atomic mass is 9.99. The van der Waals surface area contributed by atoms with Crippen molar-refractivity contribution in [1.82, 2.24) is 9.78 Å². The average molecular weight is 357 g/mol.